The Morgan fingerprint density at radius 1 is 0.955 bits per heavy atom. The smallest absolute Gasteiger partial charge is 0.293 e. The Balaban J connectivity index is 0.933. The quantitative estimate of drug-likeness (QED) is 0.0801. The number of hydrogen-bond donors (Lipinski definition) is 3. The van der Waals surface area contributed by atoms with E-state index in [1.807, 2.05) is 41.3 Å². The van der Waals surface area contributed by atoms with E-state index in [-0.39, 0.29) is 49.3 Å². The lowest BCUT2D eigenvalue weighted by atomic mass is 9.72. The molecule has 0 bridgehead atoms. The number of rotatable bonds is 12. The Morgan fingerprint density at radius 2 is 1.72 bits per heavy atom. The highest BCUT2D eigenvalue weighted by atomic mass is 35.5. The molecule has 3 aromatic carbocycles. The summed E-state index contributed by atoms with van der Waals surface area (Å²) in [6.45, 7) is 9.30. The minimum Gasteiger partial charge on any atom is -0.468 e. The van der Waals surface area contributed by atoms with Crippen molar-refractivity contribution in [3.63, 3.8) is 0 Å². The predicted molar refractivity (Wildman–Crippen MR) is 257 cm³/mol. The Hall–Kier alpha value is -5.75. The lowest BCUT2D eigenvalue weighted by molar-refractivity contribution is -0.384. The number of allylic oxidation sites excluding steroid dienone is 1. The van der Waals surface area contributed by atoms with Gasteiger partial charge in [0, 0.05) is 93.7 Å². The molecule has 3 fully saturated rings. The minimum absolute atomic E-state index is 0.0413. The highest BCUT2D eigenvalue weighted by molar-refractivity contribution is 7.90. The molecule has 3 aliphatic heterocycles. The number of fused-ring (bicyclic) bond motifs is 2. The fraction of sp³-hybridized carbons (Fsp3) is 0.429. The number of carbonyl (C=O) groups excluding carboxylic acids is 1. The number of halogens is 2. The molecule has 3 N–H and O–H groups in total. The topological polar surface area (TPSA) is 175 Å². The van der Waals surface area contributed by atoms with Crippen molar-refractivity contribution in [2.45, 2.75) is 75.0 Å². The fourth-order valence-corrected chi connectivity index (χ4v) is 11.0. The van der Waals surface area contributed by atoms with Crippen LogP contribution in [0.1, 0.15) is 74.7 Å². The maximum atomic E-state index is 15.3. The standard InChI is InChI=1S/C49H54ClFN8O7S/c1-47(2)13-11-34(39(28-47)32-3-5-35(50)6-4-32)29-56-19-21-57(22-20-56)36-7-9-38(41(26-36)58-31-49(14-15-49)66-46-43(58)25-33-12-18-52-44(33)54-46)45(60)55-67(63,64)37-8-10-40(42(27-37)59(61)62)53-30-48(51)16-23-65-24-17-48/h3-10,12,18,25-27,53H,11,13-17,19-24,28-31H2,1-2H3,(H,52,54)(H,55,60). The first-order valence-electron chi connectivity index (χ1n) is 22.9. The van der Waals surface area contributed by atoms with Crippen LogP contribution < -0.4 is 24.6 Å². The molecule has 5 aromatic rings. The second-order valence-electron chi connectivity index (χ2n) is 19.5. The monoisotopic (exact) mass is 952 g/mol. The van der Waals surface area contributed by atoms with Gasteiger partial charge in [-0.2, -0.15) is 4.98 Å². The number of carbonyl (C=O) groups is 1. The summed E-state index contributed by atoms with van der Waals surface area (Å²) in [5.74, 6) is -0.504. The van der Waals surface area contributed by atoms with Crippen LogP contribution >= 0.6 is 11.6 Å². The van der Waals surface area contributed by atoms with E-state index in [0.717, 1.165) is 93.1 Å². The highest BCUT2D eigenvalue weighted by Crippen LogP contribution is 2.51. The molecule has 2 aromatic heterocycles. The van der Waals surface area contributed by atoms with E-state index in [0.29, 0.717) is 29.4 Å². The molecule has 0 unspecified atom stereocenters. The van der Waals surface area contributed by atoms with Gasteiger partial charge in [0.2, 0.25) is 5.88 Å². The van der Waals surface area contributed by atoms with Crippen LogP contribution in [0.2, 0.25) is 5.02 Å². The van der Waals surface area contributed by atoms with Gasteiger partial charge in [-0.25, -0.2) is 17.5 Å². The third-order valence-electron chi connectivity index (χ3n) is 14.1. The van der Waals surface area contributed by atoms with E-state index in [1.165, 1.54) is 22.8 Å². The van der Waals surface area contributed by atoms with Crippen molar-refractivity contribution in [3.8, 4) is 5.88 Å². The Bertz CT molecular complexity index is 2890. The molecular weight excluding hydrogens is 899 g/mol. The second kappa shape index (κ2) is 17.4. The number of piperazine rings is 1. The number of nitrogens with zero attached hydrogens (tertiary/aromatic N) is 5. The molecule has 15 nitrogen and oxygen atoms in total. The largest absolute Gasteiger partial charge is 0.468 e. The van der Waals surface area contributed by atoms with E-state index in [1.54, 1.807) is 12.3 Å². The molecule has 0 radical (unpaired) electrons. The van der Waals surface area contributed by atoms with Crippen molar-refractivity contribution in [3.05, 3.63) is 111 Å². The SMILES string of the molecule is CC1(C)CCC(CN2CCN(c3ccc(C(=O)NS(=O)(=O)c4ccc(NCC5(F)CCOCC5)c([N+](=O)[O-])c4)c(N4CC5(CC5)Oc5nc6[nH]ccc6cc54)c3)CC2)=C(c2ccc(Cl)cc2)C1. The maximum absolute atomic E-state index is 15.3. The van der Waals surface area contributed by atoms with Gasteiger partial charge in [-0.3, -0.25) is 19.8 Å². The van der Waals surface area contributed by atoms with Gasteiger partial charge < -0.3 is 29.6 Å². The van der Waals surface area contributed by atoms with Crippen LogP contribution in [0.15, 0.2) is 89.5 Å². The molecule has 2 aliphatic carbocycles. The highest BCUT2D eigenvalue weighted by Gasteiger charge is 2.51. The summed E-state index contributed by atoms with van der Waals surface area (Å²) in [4.78, 5) is 40.2. The van der Waals surface area contributed by atoms with Crippen LogP contribution in [-0.2, 0) is 14.8 Å². The lowest BCUT2D eigenvalue weighted by Crippen LogP contribution is -2.47. The number of aromatic nitrogens is 2. The number of H-pyrrole nitrogens is 1. The number of aromatic amines is 1. The van der Waals surface area contributed by atoms with Crippen molar-refractivity contribution in [1.82, 2.24) is 19.6 Å². The van der Waals surface area contributed by atoms with Crippen LogP contribution in [0.25, 0.3) is 16.6 Å². The number of sulfonamides is 1. The number of hydrogen-bond acceptors (Lipinski definition) is 12. The van der Waals surface area contributed by atoms with Crippen molar-refractivity contribution >= 4 is 72.6 Å². The molecule has 1 spiro atoms. The summed E-state index contributed by atoms with van der Waals surface area (Å²) in [5, 5.41) is 16.6. The van der Waals surface area contributed by atoms with Crippen molar-refractivity contribution in [1.29, 1.82) is 0 Å². The normalized spacial score (nSPS) is 20.1. The van der Waals surface area contributed by atoms with Crippen LogP contribution in [0.4, 0.5) is 32.8 Å². The number of nitrogens with one attached hydrogen (secondary N) is 3. The van der Waals surface area contributed by atoms with E-state index in [4.69, 9.17) is 26.1 Å². The zero-order valence-corrected chi connectivity index (χ0v) is 39.1. The summed E-state index contributed by atoms with van der Waals surface area (Å²) in [6.07, 6.45) is 6.78. The molecule has 2 saturated heterocycles. The van der Waals surface area contributed by atoms with Gasteiger partial charge in [-0.15, -0.1) is 0 Å². The number of nitro groups is 1. The zero-order valence-electron chi connectivity index (χ0n) is 37.6. The van der Waals surface area contributed by atoms with Gasteiger partial charge in [-0.1, -0.05) is 43.2 Å². The van der Waals surface area contributed by atoms with Crippen LogP contribution in [0.5, 0.6) is 5.88 Å². The zero-order chi connectivity index (χ0) is 46.7. The average Bonchev–Trinajstić information content (AvgIpc) is 3.89. The molecule has 1 amide bonds. The summed E-state index contributed by atoms with van der Waals surface area (Å²) in [5.41, 5.74) is 4.27. The van der Waals surface area contributed by atoms with Gasteiger partial charge >= 0.3 is 0 Å². The summed E-state index contributed by atoms with van der Waals surface area (Å²) in [7, 11) is -4.65. The number of pyridine rings is 1. The van der Waals surface area contributed by atoms with Crippen molar-refractivity contribution < 1.29 is 32.0 Å². The Kier molecular flexibility index (Phi) is 11.7. The van der Waals surface area contributed by atoms with E-state index in [2.05, 4.69) is 50.8 Å². The first kappa shape index (κ1) is 45.1. The predicted octanol–water partition coefficient (Wildman–Crippen LogP) is 9.02. The molecule has 18 heteroatoms. The number of anilines is 4. The maximum Gasteiger partial charge on any atom is 0.293 e. The fourth-order valence-electron chi connectivity index (χ4n) is 9.86. The van der Waals surface area contributed by atoms with E-state index < -0.39 is 42.7 Å². The molecule has 1 saturated carbocycles. The summed E-state index contributed by atoms with van der Waals surface area (Å²) >= 11 is 6.27. The number of ether oxygens (including phenoxy) is 2. The van der Waals surface area contributed by atoms with Crippen molar-refractivity contribution in [2.24, 2.45) is 5.41 Å². The van der Waals surface area contributed by atoms with Crippen molar-refractivity contribution in [2.75, 3.05) is 74.1 Å². The molecule has 67 heavy (non-hydrogen) atoms. The summed E-state index contributed by atoms with van der Waals surface area (Å²) < 4.78 is 57.3. The van der Waals surface area contributed by atoms with E-state index in [9.17, 15) is 23.3 Å². The third kappa shape index (κ3) is 9.43. The van der Waals surface area contributed by atoms with Gasteiger partial charge in [0.1, 0.15) is 28.3 Å². The minimum atomic E-state index is -4.65. The molecule has 0 atom stereocenters. The molecule has 5 heterocycles. The Morgan fingerprint density at radius 3 is 2.45 bits per heavy atom. The van der Waals surface area contributed by atoms with Crippen LogP contribution in [-0.4, -0.2) is 104 Å². The molecule has 352 valence electrons. The number of benzene rings is 3. The van der Waals surface area contributed by atoms with Crippen LogP contribution in [0, 0.1) is 15.5 Å². The number of amides is 1. The molecule has 10 rings (SSSR count). The first-order chi connectivity index (χ1) is 32.0. The Labute approximate surface area is 393 Å². The van der Waals surface area contributed by atoms with Gasteiger partial charge in [0.25, 0.3) is 21.6 Å². The van der Waals surface area contributed by atoms with Gasteiger partial charge in [0.05, 0.1) is 27.6 Å². The number of alkyl halides is 1. The van der Waals surface area contributed by atoms with Gasteiger partial charge in [0.15, 0.2) is 0 Å². The average molecular weight is 954 g/mol. The van der Waals surface area contributed by atoms with Crippen LogP contribution in [0.3, 0.4) is 0 Å². The van der Waals surface area contributed by atoms with E-state index >= 15 is 4.39 Å². The first-order valence-corrected chi connectivity index (χ1v) is 24.8. The second-order valence-corrected chi connectivity index (χ2v) is 21.6. The summed E-state index contributed by atoms with van der Waals surface area (Å²) in [6, 6.07) is 20.7. The molecular formula is C49H54ClFN8O7S. The van der Waals surface area contributed by atoms with Gasteiger partial charge in [-0.05, 0) is 103 Å². The third-order valence-corrected chi connectivity index (χ3v) is 15.7. The molecule has 5 aliphatic rings. The lowest BCUT2D eigenvalue weighted by Gasteiger charge is -2.40. The number of nitro benzene ring substituents is 1.